The van der Waals surface area contributed by atoms with Crippen molar-refractivity contribution in [2.75, 3.05) is 13.6 Å². The lowest BCUT2D eigenvalue weighted by Gasteiger charge is -2.17. The van der Waals surface area contributed by atoms with Crippen LogP contribution in [-0.4, -0.2) is 30.4 Å². The predicted molar refractivity (Wildman–Crippen MR) is 42.2 cm³/mol. The van der Waals surface area contributed by atoms with Crippen LogP contribution >= 0.6 is 0 Å². The van der Waals surface area contributed by atoms with E-state index in [-0.39, 0.29) is 0 Å². The second-order valence-corrected chi connectivity index (χ2v) is 3.01. The fraction of sp³-hybridized carbons (Fsp3) is 0.857. The molecule has 1 aliphatic heterocycles. The highest BCUT2D eigenvalue weighted by Gasteiger charge is 2.20. The van der Waals surface area contributed by atoms with E-state index in [1.165, 1.54) is 12.8 Å². The Morgan fingerprint density at radius 1 is 1.80 bits per heavy atom. The van der Waals surface area contributed by atoms with Gasteiger partial charge in [0.25, 0.3) is 0 Å². The van der Waals surface area contributed by atoms with Crippen LogP contribution in [0.5, 0.6) is 0 Å². The third kappa shape index (κ3) is 1.70. The molecular formula is C7H15N3. The molecule has 1 fully saturated rings. The Balaban J connectivity index is 2.33. The molecule has 0 aromatic heterocycles. The van der Waals surface area contributed by atoms with E-state index in [9.17, 15) is 0 Å². The van der Waals surface area contributed by atoms with Crippen molar-refractivity contribution in [3.63, 3.8) is 0 Å². The highest BCUT2D eigenvalue weighted by atomic mass is 15.1. The van der Waals surface area contributed by atoms with Gasteiger partial charge in [0.1, 0.15) is 0 Å². The van der Waals surface area contributed by atoms with Gasteiger partial charge in [-0.3, -0.25) is 5.41 Å². The average Bonchev–Trinajstić information content (AvgIpc) is 2.15. The van der Waals surface area contributed by atoms with Gasteiger partial charge in [-0.25, -0.2) is 0 Å². The van der Waals surface area contributed by atoms with Gasteiger partial charge < -0.3 is 10.6 Å². The SMILES string of the molecule is CN1CCCC1CC(=N)N. The zero-order valence-corrected chi connectivity index (χ0v) is 6.43. The molecule has 3 nitrogen and oxygen atoms in total. The van der Waals surface area contributed by atoms with Gasteiger partial charge in [-0.2, -0.15) is 0 Å². The van der Waals surface area contributed by atoms with E-state index in [1.54, 1.807) is 0 Å². The maximum atomic E-state index is 7.10. The van der Waals surface area contributed by atoms with Gasteiger partial charge in [0.2, 0.25) is 0 Å². The summed E-state index contributed by atoms with van der Waals surface area (Å²) in [6.07, 6.45) is 3.21. The zero-order chi connectivity index (χ0) is 7.56. The van der Waals surface area contributed by atoms with E-state index >= 15 is 0 Å². The van der Waals surface area contributed by atoms with Gasteiger partial charge in [-0.05, 0) is 26.4 Å². The van der Waals surface area contributed by atoms with Crippen LogP contribution < -0.4 is 5.73 Å². The highest BCUT2D eigenvalue weighted by Crippen LogP contribution is 2.16. The maximum Gasteiger partial charge on any atom is 0.0921 e. The molecule has 3 N–H and O–H groups in total. The van der Waals surface area contributed by atoms with E-state index < -0.39 is 0 Å². The zero-order valence-electron chi connectivity index (χ0n) is 6.43. The summed E-state index contributed by atoms with van der Waals surface area (Å²) in [5.41, 5.74) is 5.29. The van der Waals surface area contributed by atoms with E-state index in [4.69, 9.17) is 11.1 Å². The molecule has 0 bridgehead atoms. The van der Waals surface area contributed by atoms with Crippen LogP contribution in [0.1, 0.15) is 19.3 Å². The summed E-state index contributed by atoms with van der Waals surface area (Å²) in [7, 11) is 2.10. The maximum absolute atomic E-state index is 7.10. The van der Waals surface area contributed by atoms with Crippen molar-refractivity contribution in [3.05, 3.63) is 0 Å². The van der Waals surface area contributed by atoms with Crippen molar-refractivity contribution in [2.24, 2.45) is 5.73 Å². The summed E-state index contributed by atoms with van der Waals surface area (Å²) in [5.74, 6) is 0.318. The smallest absolute Gasteiger partial charge is 0.0921 e. The number of nitrogens with one attached hydrogen (secondary N) is 1. The first-order valence-electron chi connectivity index (χ1n) is 3.73. The highest BCUT2D eigenvalue weighted by molar-refractivity contribution is 5.77. The Labute approximate surface area is 61.7 Å². The summed E-state index contributed by atoms with van der Waals surface area (Å²) >= 11 is 0. The van der Waals surface area contributed by atoms with Crippen molar-refractivity contribution in [1.82, 2.24) is 4.90 Å². The van der Waals surface area contributed by atoms with Crippen LogP contribution in [0.15, 0.2) is 0 Å². The van der Waals surface area contributed by atoms with Gasteiger partial charge in [0.05, 0.1) is 5.84 Å². The fourth-order valence-corrected chi connectivity index (χ4v) is 1.49. The number of rotatable bonds is 2. The predicted octanol–water partition coefficient (Wildman–Crippen LogP) is 0.407. The van der Waals surface area contributed by atoms with E-state index in [0.29, 0.717) is 11.9 Å². The average molecular weight is 141 g/mol. The van der Waals surface area contributed by atoms with Crippen LogP contribution in [-0.2, 0) is 0 Å². The molecule has 0 saturated carbocycles. The summed E-state index contributed by atoms with van der Waals surface area (Å²) in [5, 5.41) is 7.10. The van der Waals surface area contributed by atoms with Crippen molar-refractivity contribution < 1.29 is 0 Å². The molecule has 58 valence electrons. The van der Waals surface area contributed by atoms with E-state index in [0.717, 1.165) is 13.0 Å². The number of nitrogens with two attached hydrogens (primary N) is 1. The summed E-state index contributed by atoms with van der Waals surface area (Å²) in [4.78, 5) is 2.28. The topological polar surface area (TPSA) is 53.1 Å². The van der Waals surface area contributed by atoms with Gasteiger partial charge in [-0.15, -0.1) is 0 Å². The van der Waals surface area contributed by atoms with Gasteiger partial charge in [0, 0.05) is 12.5 Å². The molecule has 1 unspecified atom stereocenters. The molecular weight excluding hydrogens is 126 g/mol. The standard InChI is InChI=1S/C7H15N3/c1-10-4-2-3-6(10)5-7(8)9/h6H,2-5H2,1H3,(H3,8,9). The largest absolute Gasteiger partial charge is 0.388 e. The lowest BCUT2D eigenvalue weighted by molar-refractivity contribution is 0.317. The number of hydrogen-bond acceptors (Lipinski definition) is 2. The lowest BCUT2D eigenvalue weighted by atomic mass is 10.1. The Kier molecular flexibility index (Phi) is 2.27. The molecule has 0 aromatic rings. The van der Waals surface area contributed by atoms with E-state index in [2.05, 4.69) is 11.9 Å². The first-order chi connectivity index (χ1) is 4.70. The number of nitrogens with zero attached hydrogens (tertiary/aromatic N) is 1. The molecule has 0 aromatic carbocycles. The monoisotopic (exact) mass is 141 g/mol. The summed E-state index contributed by atoms with van der Waals surface area (Å²) < 4.78 is 0. The van der Waals surface area contributed by atoms with Crippen molar-refractivity contribution in [3.8, 4) is 0 Å². The van der Waals surface area contributed by atoms with Crippen molar-refractivity contribution >= 4 is 5.84 Å². The Morgan fingerprint density at radius 3 is 2.90 bits per heavy atom. The Bertz CT molecular complexity index is 133. The molecule has 1 atom stereocenters. The third-order valence-electron chi connectivity index (χ3n) is 2.13. The summed E-state index contributed by atoms with van der Waals surface area (Å²) in [6, 6.07) is 0.539. The number of likely N-dealkylation sites (tertiary alicyclic amines) is 1. The molecule has 0 radical (unpaired) electrons. The quantitative estimate of drug-likeness (QED) is 0.432. The minimum atomic E-state index is 0.318. The minimum absolute atomic E-state index is 0.318. The third-order valence-corrected chi connectivity index (χ3v) is 2.13. The first-order valence-corrected chi connectivity index (χ1v) is 3.73. The molecule has 3 heteroatoms. The van der Waals surface area contributed by atoms with Crippen LogP contribution in [0.3, 0.4) is 0 Å². The molecule has 1 aliphatic rings. The van der Waals surface area contributed by atoms with Gasteiger partial charge in [0.15, 0.2) is 0 Å². The molecule has 1 saturated heterocycles. The molecule has 0 aliphatic carbocycles. The second-order valence-electron chi connectivity index (χ2n) is 3.01. The van der Waals surface area contributed by atoms with Gasteiger partial charge in [-0.1, -0.05) is 0 Å². The molecule has 10 heavy (non-hydrogen) atoms. The Hall–Kier alpha value is -0.570. The van der Waals surface area contributed by atoms with E-state index in [1.807, 2.05) is 0 Å². The minimum Gasteiger partial charge on any atom is -0.388 e. The van der Waals surface area contributed by atoms with Crippen LogP contribution in [0.25, 0.3) is 0 Å². The molecule has 0 spiro atoms. The lowest BCUT2D eigenvalue weighted by Crippen LogP contribution is -2.29. The molecule has 1 rings (SSSR count). The van der Waals surface area contributed by atoms with Crippen molar-refractivity contribution in [2.45, 2.75) is 25.3 Å². The van der Waals surface area contributed by atoms with Crippen LogP contribution in [0.2, 0.25) is 0 Å². The van der Waals surface area contributed by atoms with Crippen LogP contribution in [0, 0.1) is 5.41 Å². The molecule has 0 amide bonds. The number of amidine groups is 1. The normalized spacial score (nSPS) is 27.1. The van der Waals surface area contributed by atoms with Gasteiger partial charge >= 0.3 is 0 Å². The first kappa shape index (κ1) is 7.54. The molecule has 1 heterocycles. The Morgan fingerprint density at radius 2 is 2.50 bits per heavy atom. The summed E-state index contributed by atoms with van der Waals surface area (Å²) in [6.45, 7) is 1.16. The second kappa shape index (κ2) is 3.01. The van der Waals surface area contributed by atoms with Crippen molar-refractivity contribution in [1.29, 1.82) is 5.41 Å². The fourth-order valence-electron chi connectivity index (χ4n) is 1.49. The number of hydrogen-bond donors (Lipinski definition) is 2. The van der Waals surface area contributed by atoms with Crippen LogP contribution in [0.4, 0.5) is 0 Å².